The highest BCUT2D eigenvalue weighted by Gasteiger charge is 2.45. The number of Topliss-reactive ketones (excluding diaryl/α,β-unsaturated/α-hetero) is 1. The molecule has 1 amide bonds. The van der Waals surface area contributed by atoms with E-state index in [9.17, 15) is 24.8 Å². The van der Waals surface area contributed by atoms with Gasteiger partial charge in [0, 0.05) is 12.1 Å². The van der Waals surface area contributed by atoms with E-state index in [0.717, 1.165) is 0 Å². The molecule has 2 aromatic heterocycles. The molecule has 0 spiro atoms. The number of furan rings is 2. The number of hydrogen-bond acceptors (Lipinski definition) is 7. The molecule has 9 nitrogen and oxygen atoms in total. The van der Waals surface area contributed by atoms with Gasteiger partial charge in [-0.25, -0.2) is 0 Å². The molecule has 1 aromatic carbocycles. The lowest BCUT2D eigenvalue weighted by molar-refractivity contribution is -0.384. The van der Waals surface area contributed by atoms with E-state index < -0.39 is 28.4 Å². The summed E-state index contributed by atoms with van der Waals surface area (Å²) in [4.78, 5) is 37.9. The molecule has 0 fully saturated rings. The topological polar surface area (TPSA) is 127 Å². The van der Waals surface area contributed by atoms with Crippen LogP contribution in [0.15, 0.2) is 75.0 Å². The number of ketones is 1. The number of nitrogens with zero attached hydrogens (tertiary/aromatic N) is 2. The molecule has 0 saturated heterocycles. The lowest BCUT2D eigenvalue weighted by Crippen LogP contribution is -2.30. The Morgan fingerprint density at radius 3 is 2.67 bits per heavy atom. The standard InChI is InChI=1S/C21H16N2O7/c1-12-7-8-16(30-12)19(24)17-18(13-4-2-5-14(10-13)23(27)28)22(21(26)20(17)25)11-15-6-3-9-29-15/h2-10,18,25H,11H2,1H3. The Labute approximate surface area is 170 Å². The first-order valence-corrected chi connectivity index (χ1v) is 8.99. The lowest BCUT2D eigenvalue weighted by Gasteiger charge is -2.25. The van der Waals surface area contributed by atoms with Gasteiger partial charge in [0.05, 0.1) is 29.3 Å². The zero-order valence-corrected chi connectivity index (χ0v) is 15.8. The molecule has 0 saturated carbocycles. The fourth-order valence-electron chi connectivity index (χ4n) is 3.46. The van der Waals surface area contributed by atoms with Crippen LogP contribution in [-0.2, 0) is 11.3 Å². The Balaban J connectivity index is 1.83. The van der Waals surface area contributed by atoms with Crippen molar-refractivity contribution < 1.29 is 28.5 Å². The molecule has 0 bridgehead atoms. The van der Waals surface area contributed by atoms with E-state index in [1.54, 1.807) is 31.2 Å². The molecule has 0 aliphatic carbocycles. The van der Waals surface area contributed by atoms with Gasteiger partial charge >= 0.3 is 0 Å². The van der Waals surface area contributed by atoms with Crippen LogP contribution in [0.4, 0.5) is 5.69 Å². The van der Waals surface area contributed by atoms with Gasteiger partial charge in [-0.15, -0.1) is 0 Å². The van der Waals surface area contributed by atoms with Gasteiger partial charge in [0.2, 0.25) is 5.78 Å². The number of benzene rings is 1. The molecular formula is C21H16N2O7. The van der Waals surface area contributed by atoms with Crippen molar-refractivity contribution in [2.45, 2.75) is 19.5 Å². The molecule has 3 aromatic rings. The Morgan fingerprint density at radius 1 is 1.23 bits per heavy atom. The van der Waals surface area contributed by atoms with Crippen LogP contribution in [0.3, 0.4) is 0 Å². The number of aryl methyl sites for hydroxylation is 1. The minimum atomic E-state index is -1.06. The lowest BCUT2D eigenvalue weighted by atomic mass is 9.94. The molecule has 152 valence electrons. The van der Waals surface area contributed by atoms with Crippen molar-refractivity contribution in [2.75, 3.05) is 0 Å². The number of rotatable bonds is 6. The maximum Gasteiger partial charge on any atom is 0.290 e. The van der Waals surface area contributed by atoms with E-state index in [-0.39, 0.29) is 23.6 Å². The summed E-state index contributed by atoms with van der Waals surface area (Å²) in [7, 11) is 0. The van der Waals surface area contributed by atoms with Gasteiger partial charge in [-0.1, -0.05) is 12.1 Å². The molecule has 9 heteroatoms. The van der Waals surface area contributed by atoms with E-state index in [1.165, 1.54) is 35.4 Å². The first kappa shape index (κ1) is 19.2. The summed E-state index contributed by atoms with van der Waals surface area (Å²) in [5.41, 5.74) is -0.105. The Morgan fingerprint density at radius 2 is 2.03 bits per heavy atom. The van der Waals surface area contributed by atoms with Crippen LogP contribution in [-0.4, -0.2) is 26.6 Å². The van der Waals surface area contributed by atoms with Crippen molar-refractivity contribution in [3.63, 3.8) is 0 Å². The highest BCUT2D eigenvalue weighted by molar-refractivity contribution is 6.15. The fourth-order valence-corrected chi connectivity index (χ4v) is 3.46. The van der Waals surface area contributed by atoms with Crippen molar-refractivity contribution in [3.05, 3.63) is 99.1 Å². The second kappa shape index (κ2) is 7.36. The first-order chi connectivity index (χ1) is 14.4. The zero-order chi connectivity index (χ0) is 21.4. The Hall–Kier alpha value is -4.14. The summed E-state index contributed by atoms with van der Waals surface area (Å²) in [6.07, 6.45) is 1.43. The van der Waals surface area contributed by atoms with Crippen molar-refractivity contribution in [2.24, 2.45) is 0 Å². The third-order valence-electron chi connectivity index (χ3n) is 4.82. The monoisotopic (exact) mass is 408 g/mol. The number of hydrogen-bond donors (Lipinski definition) is 1. The van der Waals surface area contributed by atoms with Crippen molar-refractivity contribution in [1.29, 1.82) is 0 Å². The van der Waals surface area contributed by atoms with E-state index in [2.05, 4.69) is 0 Å². The van der Waals surface area contributed by atoms with Gasteiger partial charge in [-0.2, -0.15) is 0 Å². The van der Waals surface area contributed by atoms with Crippen LogP contribution >= 0.6 is 0 Å². The quantitative estimate of drug-likeness (QED) is 0.373. The highest BCUT2D eigenvalue weighted by Crippen LogP contribution is 2.40. The fraction of sp³-hybridized carbons (Fsp3) is 0.143. The van der Waals surface area contributed by atoms with Gasteiger partial charge < -0.3 is 18.8 Å². The van der Waals surface area contributed by atoms with E-state index in [4.69, 9.17) is 8.83 Å². The number of nitro groups is 1. The van der Waals surface area contributed by atoms with Gasteiger partial charge in [-0.05, 0) is 36.8 Å². The van der Waals surface area contributed by atoms with Crippen molar-refractivity contribution in [1.82, 2.24) is 4.90 Å². The molecule has 1 atom stereocenters. The Kier molecular flexibility index (Phi) is 4.71. The van der Waals surface area contributed by atoms with Gasteiger partial charge in [0.25, 0.3) is 11.6 Å². The molecule has 0 radical (unpaired) electrons. The van der Waals surface area contributed by atoms with Crippen molar-refractivity contribution >= 4 is 17.4 Å². The molecule has 1 unspecified atom stereocenters. The second-order valence-corrected chi connectivity index (χ2v) is 6.77. The normalized spacial score (nSPS) is 16.4. The van der Waals surface area contributed by atoms with Crippen LogP contribution in [0.25, 0.3) is 0 Å². The van der Waals surface area contributed by atoms with E-state index >= 15 is 0 Å². The largest absolute Gasteiger partial charge is 0.503 e. The summed E-state index contributed by atoms with van der Waals surface area (Å²) in [6, 6.07) is 10.8. The number of aliphatic hydroxyl groups excluding tert-OH is 1. The van der Waals surface area contributed by atoms with Crippen LogP contribution in [0.1, 0.15) is 33.7 Å². The predicted octanol–water partition coefficient (Wildman–Crippen LogP) is 3.87. The van der Waals surface area contributed by atoms with Crippen LogP contribution in [0, 0.1) is 17.0 Å². The second-order valence-electron chi connectivity index (χ2n) is 6.77. The molecule has 4 rings (SSSR count). The Bertz CT molecular complexity index is 1170. The summed E-state index contributed by atoms with van der Waals surface area (Å²) in [6.45, 7) is 1.61. The van der Waals surface area contributed by atoms with E-state index in [0.29, 0.717) is 17.1 Å². The average Bonchev–Trinajstić information content (AvgIpc) is 3.45. The molecule has 30 heavy (non-hydrogen) atoms. The maximum atomic E-state index is 13.1. The van der Waals surface area contributed by atoms with Crippen LogP contribution in [0.5, 0.6) is 0 Å². The minimum absolute atomic E-state index is 0.0443. The third kappa shape index (κ3) is 3.26. The first-order valence-electron chi connectivity index (χ1n) is 8.99. The van der Waals surface area contributed by atoms with Crippen molar-refractivity contribution in [3.8, 4) is 0 Å². The summed E-state index contributed by atoms with van der Waals surface area (Å²) < 4.78 is 10.7. The minimum Gasteiger partial charge on any atom is -0.503 e. The predicted molar refractivity (Wildman–Crippen MR) is 103 cm³/mol. The summed E-state index contributed by atoms with van der Waals surface area (Å²) in [5, 5.41) is 21.8. The van der Waals surface area contributed by atoms with Crippen LogP contribution in [0.2, 0.25) is 0 Å². The van der Waals surface area contributed by atoms with Gasteiger partial charge in [-0.3, -0.25) is 19.7 Å². The molecule has 1 aliphatic rings. The number of aliphatic hydroxyl groups is 1. The van der Waals surface area contributed by atoms with E-state index in [1.807, 2.05) is 0 Å². The molecule has 1 aliphatic heterocycles. The van der Waals surface area contributed by atoms with Gasteiger partial charge in [0.15, 0.2) is 11.5 Å². The number of amides is 1. The third-order valence-corrected chi connectivity index (χ3v) is 4.82. The van der Waals surface area contributed by atoms with Gasteiger partial charge in [0.1, 0.15) is 11.5 Å². The summed E-state index contributed by atoms with van der Waals surface area (Å²) >= 11 is 0. The number of non-ortho nitro benzene ring substituents is 1. The number of carbonyl (C=O) groups excluding carboxylic acids is 2. The molecular weight excluding hydrogens is 392 g/mol. The summed E-state index contributed by atoms with van der Waals surface area (Å²) in [5.74, 6) is -1.31. The molecule has 1 N–H and O–H groups in total. The highest BCUT2D eigenvalue weighted by atomic mass is 16.6. The SMILES string of the molecule is Cc1ccc(C(=O)C2=C(O)C(=O)N(Cc3ccco3)C2c2cccc([N+](=O)[O-])c2)o1. The number of nitro benzene ring substituents is 1. The zero-order valence-electron chi connectivity index (χ0n) is 15.8. The van der Waals surface area contributed by atoms with Crippen LogP contribution < -0.4 is 0 Å². The maximum absolute atomic E-state index is 13.1. The smallest absolute Gasteiger partial charge is 0.290 e. The molecule has 3 heterocycles. The average molecular weight is 408 g/mol. The number of carbonyl (C=O) groups is 2.